The number of nitrogens with one attached hydrogen (secondary N) is 2. The fourth-order valence-corrected chi connectivity index (χ4v) is 3.09. The lowest BCUT2D eigenvalue weighted by atomic mass is 10.0. The van der Waals surface area contributed by atoms with Crippen molar-refractivity contribution in [3.8, 4) is 11.5 Å². The molecule has 0 radical (unpaired) electrons. The van der Waals surface area contributed by atoms with Gasteiger partial charge in [-0.15, -0.1) is 0 Å². The molecule has 2 aromatic rings. The second-order valence-corrected chi connectivity index (χ2v) is 6.94. The van der Waals surface area contributed by atoms with Gasteiger partial charge < -0.3 is 20.1 Å². The molecule has 1 aliphatic heterocycles. The highest BCUT2D eigenvalue weighted by Gasteiger charge is 2.56. The lowest BCUT2D eigenvalue weighted by molar-refractivity contribution is -0.134. The maximum Gasteiger partial charge on any atom is 0.240 e. The molecule has 0 atom stereocenters. The van der Waals surface area contributed by atoms with Gasteiger partial charge in [0.2, 0.25) is 18.6 Å². The van der Waals surface area contributed by atoms with E-state index in [1.807, 2.05) is 6.07 Å². The van der Waals surface area contributed by atoms with E-state index in [-0.39, 0.29) is 24.3 Å². The summed E-state index contributed by atoms with van der Waals surface area (Å²) >= 11 is 5.72. The fourth-order valence-electron chi connectivity index (χ4n) is 2.91. The van der Waals surface area contributed by atoms with Gasteiger partial charge in [0, 0.05) is 12.2 Å². The Morgan fingerprint density at radius 2 is 1.85 bits per heavy atom. The molecular formula is C19H16ClFN2O4. The van der Waals surface area contributed by atoms with Crippen LogP contribution in [0.1, 0.15) is 18.4 Å². The molecule has 2 aliphatic rings. The molecule has 6 nitrogen and oxygen atoms in total. The van der Waals surface area contributed by atoms with Gasteiger partial charge in [0.1, 0.15) is 11.2 Å². The zero-order valence-corrected chi connectivity index (χ0v) is 14.9. The third-order valence-corrected chi connectivity index (χ3v) is 4.98. The topological polar surface area (TPSA) is 76.7 Å². The van der Waals surface area contributed by atoms with Crippen LogP contribution in [0.4, 0.5) is 10.1 Å². The summed E-state index contributed by atoms with van der Waals surface area (Å²) in [5.41, 5.74) is 0.0902. The largest absolute Gasteiger partial charge is 0.454 e. The Balaban J connectivity index is 1.38. The van der Waals surface area contributed by atoms with Crippen molar-refractivity contribution in [1.82, 2.24) is 5.32 Å². The van der Waals surface area contributed by atoms with Gasteiger partial charge in [0.25, 0.3) is 0 Å². The van der Waals surface area contributed by atoms with Crippen molar-refractivity contribution in [3.63, 3.8) is 0 Å². The van der Waals surface area contributed by atoms with Crippen molar-refractivity contribution in [2.24, 2.45) is 5.41 Å². The van der Waals surface area contributed by atoms with Crippen LogP contribution in [0.15, 0.2) is 36.4 Å². The molecule has 140 valence electrons. The average molecular weight is 391 g/mol. The molecule has 2 N–H and O–H groups in total. The minimum atomic E-state index is -1.10. The number of anilines is 1. The average Bonchev–Trinajstić information content (AvgIpc) is 3.34. The van der Waals surface area contributed by atoms with E-state index in [0.29, 0.717) is 30.0 Å². The van der Waals surface area contributed by atoms with Crippen molar-refractivity contribution in [3.05, 3.63) is 52.8 Å². The Labute approximate surface area is 159 Å². The molecule has 2 aromatic carbocycles. The van der Waals surface area contributed by atoms with Crippen LogP contribution in [0, 0.1) is 11.2 Å². The zero-order chi connectivity index (χ0) is 19.0. The highest BCUT2D eigenvalue weighted by atomic mass is 35.5. The van der Waals surface area contributed by atoms with Gasteiger partial charge >= 0.3 is 0 Å². The number of benzene rings is 2. The molecule has 1 saturated carbocycles. The Morgan fingerprint density at radius 1 is 1.07 bits per heavy atom. The molecule has 27 heavy (non-hydrogen) atoms. The predicted octanol–water partition coefficient (Wildman–Crippen LogP) is 3.24. The lowest BCUT2D eigenvalue weighted by Gasteiger charge is -2.16. The summed E-state index contributed by atoms with van der Waals surface area (Å²) in [5, 5.41) is 5.34. The van der Waals surface area contributed by atoms with Crippen molar-refractivity contribution in [2.45, 2.75) is 19.4 Å². The van der Waals surface area contributed by atoms with Gasteiger partial charge in [-0.2, -0.15) is 0 Å². The monoisotopic (exact) mass is 390 g/mol. The molecule has 0 saturated heterocycles. The summed E-state index contributed by atoms with van der Waals surface area (Å²) in [4.78, 5) is 25.1. The SMILES string of the molecule is O=C(NCc1ccc2c(c1)OCO2)C1(C(=O)Nc2ccc(F)c(Cl)c2)CC1. The summed E-state index contributed by atoms with van der Waals surface area (Å²) in [6, 6.07) is 9.28. The number of amides is 2. The normalized spacial score (nSPS) is 15.9. The van der Waals surface area contributed by atoms with Crippen molar-refractivity contribution in [2.75, 3.05) is 12.1 Å². The highest BCUT2D eigenvalue weighted by Crippen LogP contribution is 2.47. The van der Waals surface area contributed by atoms with Crippen LogP contribution in [0.2, 0.25) is 5.02 Å². The summed E-state index contributed by atoms with van der Waals surface area (Å²) in [5.74, 6) is -0.0357. The molecule has 4 rings (SSSR count). The Hall–Kier alpha value is -2.80. The van der Waals surface area contributed by atoms with Gasteiger partial charge in [-0.3, -0.25) is 9.59 Å². The highest BCUT2D eigenvalue weighted by molar-refractivity contribution is 6.31. The number of hydrogen-bond acceptors (Lipinski definition) is 4. The minimum absolute atomic E-state index is 0.0927. The fraction of sp³-hybridized carbons (Fsp3) is 0.263. The van der Waals surface area contributed by atoms with E-state index >= 15 is 0 Å². The van der Waals surface area contributed by atoms with Gasteiger partial charge in [-0.05, 0) is 48.7 Å². The predicted molar refractivity (Wildman–Crippen MR) is 96.1 cm³/mol. The first-order chi connectivity index (χ1) is 13.0. The first-order valence-corrected chi connectivity index (χ1v) is 8.79. The summed E-state index contributed by atoms with van der Waals surface area (Å²) in [6.45, 7) is 0.453. The molecule has 1 fully saturated rings. The number of ether oxygens (including phenoxy) is 2. The van der Waals surface area contributed by atoms with Gasteiger partial charge in [-0.1, -0.05) is 17.7 Å². The molecular weight excluding hydrogens is 375 g/mol. The van der Waals surface area contributed by atoms with E-state index in [1.54, 1.807) is 12.1 Å². The number of hydrogen-bond donors (Lipinski definition) is 2. The number of fused-ring (bicyclic) bond motifs is 1. The molecule has 0 spiro atoms. The Bertz CT molecular complexity index is 930. The molecule has 0 unspecified atom stereocenters. The summed E-state index contributed by atoms with van der Waals surface area (Å²) in [7, 11) is 0. The van der Waals surface area contributed by atoms with E-state index in [0.717, 1.165) is 11.6 Å². The second kappa shape index (κ2) is 6.74. The van der Waals surface area contributed by atoms with Crippen molar-refractivity contribution in [1.29, 1.82) is 0 Å². The van der Waals surface area contributed by atoms with Gasteiger partial charge in [0.15, 0.2) is 11.5 Å². The molecule has 0 bridgehead atoms. The smallest absolute Gasteiger partial charge is 0.240 e. The van der Waals surface area contributed by atoms with Crippen LogP contribution < -0.4 is 20.1 Å². The van der Waals surface area contributed by atoms with E-state index in [2.05, 4.69) is 10.6 Å². The third-order valence-electron chi connectivity index (χ3n) is 4.69. The molecule has 2 amide bonds. The van der Waals surface area contributed by atoms with E-state index in [1.165, 1.54) is 12.1 Å². The van der Waals surface area contributed by atoms with E-state index in [9.17, 15) is 14.0 Å². The molecule has 1 heterocycles. The van der Waals surface area contributed by atoms with Crippen LogP contribution in [-0.2, 0) is 16.1 Å². The second-order valence-electron chi connectivity index (χ2n) is 6.54. The zero-order valence-electron chi connectivity index (χ0n) is 14.2. The van der Waals surface area contributed by atoms with Gasteiger partial charge in [0.05, 0.1) is 5.02 Å². The van der Waals surface area contributed by atoms with Gasteiger partial charge in [-0.25, -0.2) is 4.39 Å². The first kappa shape index (κ1) is 17.6. The van der Waals surface area contributed by atoms with Crippen molar-refractivity contribution >= 4 is 29.1 Å². The van der Waals surface area contributed by atoms with Crippen LogP contribution >= 0.6 is 11.6 Å². The van der Waals surface area contributed by atoms with Crippen LogP contribution in [0.5, 0.6) is 11.5 Å². The maximum atomic E-state index is 13.2. The van der Waals surface area contributed by atoms with Crippen molar-refractivity contribution < 1.29 is 23.5 Å². The molecule has 8 heteroatoms. The first-order valence-electron chi connectivity index (χ1n) is 8.41. The lowest BCUT2D eigenvalue weighted by Crippen LogP contribution is -2.39. The van der Waals surface area contributed by atoms with Crippen LogP contribution in [0.3, 0.4) is 0 Å². The number of carbonyl (C=O) groups is 2. The molecule has 0 aromatic heterocycles. The number of halogens is 2. The maximum absolute atomic E-state index is 13.2. The van der Waals surface area contributed by atoms with E-state index in [4.69, 9.17) is 21.1 Å². The minimum Gasteiger partial charge on any atom is -0.454 e. The Kier molecular flexibility index (Phi) is 4.39. The summed E-state index contributed by atoms with van der Waals surface area (Å²) in [6.07, 6.45) is 0.918. The summed E-state index contributed by atoms with van der Waals surface area (Å²) < 4.78 is 23.8. The number of rotatable bonds is 5. The third kappa shape index (κ3) is 3.42. The quantitative estimate of drug-likeness (QED) is 0.768. The van der Waals surface area contributed by atoms with Crippen LogP contribution in [-0.4, -0.2) is 18.6 Å². The standard InChI is InChI=1S/C19H16ClFN2O4/c20-13-8-12(2-3-14(13)21)23-18(25)19(5-6-19)17(24)22-9-11-1-4-15-16(7-11)27-10-26-15/h1-4,7-8H,5-6,9-10H2,(H,22,24)(H,23,25). The van der Waals surface area contributed by atoms with E-state index < -0.39 is 17.1 Å². The number of carbonyl (C=O) groups excluding carboxylic acids is 2. The molecule has 1 aliphatic carbocycles. The Morgan fingerprint density at radius 3 is 2.59 bits per heavy atom. The van der Waals surface area contributed by atoms with Crippen LogP contribution in [0.25, 0.3) is 0 Å².